The number of hydrogen-bond acceptors (Lipinski definition) is 4. The second-order valence-corrected chi connectivity index (χ2v) is 10.8. The van der Waals surface area contributed by atoms with Crippen molar-refractivity contribution in [2.24, 2.45) is 5.92 Å². The van der Waals surface area contributed by atoms with E-state index in [1.54, 1.807) is 41.0 Å². The molecule has 2 aromatic carbocycles. The number of fused-ring (bicyclic) bond motifs is 4. The van der Waals surface area contributed by atoms with Crippen LogP contribution in [0.5, 0.6) is 0 Å². The standard InChI is InChI=1S/C25H25N3O4S/c1-17-5-7-19(8-6-17)25(30)26-21-9-11-22(12-10-21)33(31,32)27-14-18-13-20(16-27)23-3-2-4-24(29)28(23)15-18/h2-12,18,20H,13-16H2,1H3,(H,26,30)/t18?,20-/m0/s1. The minimum atomic E-state index is -3.69. The SMILES string of the molecule is Cc1ccc(C(=O)Nc2ccc(S(=O)(=O)N3CC4C[C@@H](C3)c3cccc(=O)n3C4)cc2)cc1. The summed E-state index contributed by atoms with van der Waals surface area (Å²) in [5, 5.41) is 2.80. The third kappa shape index (κ3) is 4.12. The lowest BCUT2D eigenvalue weighted by Crippen LogP contribution is -2.48. The van der Waals surface area contributed by atoms with Gasteiger partial charge in [-0.1, -0.05) is 23.8 Å². The van der Waals surface area contributed by atoms with Gasteiger partial charge >= 0.3 is 0 Å². The van der Waals surface area contributed by atoms with E-state index >= 15 is 0 Å². The minimum Gasteiger partial charge on any atom is -0.322 e. The van der Waals surface area contributed by atoms with Crippen LogP contribution in [0.15, 0.2) is 76.4 Å². The van der Waals surface area contributed by atoms with Crippen LogP contribution in [0, 0.1) is 12.8 Å². The number of pyridine rings is 1. The summed E-state index contributed by atoms with van der Waals surface area (Å²) in [5.74, 6) is -0.128. The molecule has 1 saturated heterocycles. The molecular formula is C25H25N3O4S. The maximum absolute atomic E-state index is 13.4. The molecule has 0 saturated carbocycles. The Morgan fingerprint density at radius 2 is 1.67 bits per heavy atom. The van der Waals surface area contributed by atoms with Crippen molar-refractivity contribution in [2.75, 3.05) is 18.4 Å². The molecule has 1 N–H and O–H groups in total. The zero-order valence-electron chi connectivity index (χ0n) is 18.3. The Kier molecular flexibility index (Phi) is 5.42. The van der Waals surface area contributed by atoms with Crippen molar-refractivity contribution in [1.82, 2.24) is 8.87 Å². The van der Waals surface area contributed by atoms with Gasteiger partial charge in [-0.3, -0.25) is 9.59 Å². The summed E-state index contributed by atoms with van der Waals surface area (Å²) in [6.07, 6.45) is 0.888. The minimum absolute atomic E-state index is 0.00856. The number of amides is 1. The van der Waals surface area contributed by atoms with E-state index in [0.29, 0.717) is 30.9 Å². The summed E-state index contributed by atoms with van der Waals surface area (Å²) in [6.45, 7) is 3.25. The predicted octanol–water partition coefficient (Wildman–Crippen LogP) is 3.22. The molecule has 3 heterocycles. The number of nitrogens with zero attached hydrogens (tertiary/aromatic N) is 2. The number of sulfonamides is 1. The van der Waals surface area contributed by atoms with Crippen molar-refractivity contribution in [2.45, 2.75) is 30.7 Å². The Bertz CT molecular complexity index is 1360. The highest BCUT2D eigenvalue weighted by Gasteiger charge is 2.39. The van der Waals surface area contributed by atoms with Gasteiger partial charge in [0.05, 0.1) is 4.90 Å². The fourth-order valence-electron chi connectivity index (χ4n) is 4.82. The molecule has 0 radical (unpaired) electrons. The molecule has 7 nitrogen and oxygen atoms in total. The fraction of sp³-hybridized carbons (Fsp3) is 0.280. The van der Waals surface area contributed by atoms with Gasteiger partial charge in [0.15, 0.2) is 0 Å². The third-order valence-corrected chi connectivity index (χ3v) is 8.36. The number of piperidine rings is 1. The molecule has 5 rings (SSSR count). The van der Waals surface area contributed by atoms with Crippen LogP contribution in [0.4, 0.5) is 5.69 Å². The summed E-state index contributed by atoms with van der Waals surface area (Å²) in [5.41, 5.74) is 3.02. The number of rotatable bonds is 4. The molecular weight excluding hydrogens is 438 g/mol. The number of nitrogens with one attached hydrogen (secondary N) is 1. The number of hydrogen-bond donors (Lipinski definition) is 1. The first-order valence-electron chi connectivity index (χ1n) is 11.0. The highest BCUT2D eigenvalue weighted by molar-refractivity contribution is 7.89. The summed E-state index contributed by atoms with van der Waals surface area (Å²) < 4.78 is 30.0. The fourth-order valence-corrected chi connectivity index (χ4v) is 6.38. The molecule has 3 aromatic rings. The lowest BCUT2D eigenvalue weighted by molar-refractivity contribution is 0.102. The molecule has 2 aliphatic heterocycles. The van der Waals surface area contributed by atoms with Gasteiger partial charge in [-0.2, -0.15) is 4.31 Å². The van der Waals surface area contributed by atoms with E-state index in [1.807, 2.05) is 25.1 Å². The van der Waals surface area contributed by atoms with E-state index < -0.39 is 10.0 Å². The van der Waals surface area contributed by atoms with Gasteiger partial charge in [0.2, 0.25) is 10.0 Å². The van der Waals surface area contributed by atoms with E-state index in [4.69, 9.17) is 0 Å². The quantitative estimate of drug-likeness (QED) is 0.644. The third-order valence-electron chi connectivity index (χ3n) is 6.51. The normalized spacial score (nSPS) is 20.2. The summed E-state index contributed by atoms with van der Waals surface area (Å²) >= 11 is 0. The average Bonchev–Trinajstić information content (AvgIpc) is 2.80. The second kappa shape index (κ2) is 8.28. The summed E-state index contributed by atoms with van der Waals surface area (Å²) in [6, 6.07) is 18.7. The molecule has 33 heavy (non-hydrogen) atoms. The zero-order chi connectivity index (χ0) is 23.2. The molecule has 8 heteroatoms. The average molecular weight is 464 g/mol. The highest BCUT2D eigenvalue weighted by atomic mass is 32.2. The van der Waals surface area contributed by atoms with Crippen LogP contribution in [0.1, 0.15) is 34.0 Å². The van der Waals surface area contributed by atoms with Gasteiger partial charge in [0.25, 0.3) is 11.5 Å². The van der Waals surface area contributed by atoms with E-state index in [9.17, 15) is 18.0 Å². The number of carbonyl (C=O) groups is 1. The molecule has 0 spiro atoms. The molecule has 170 valence electrons. The van der Waals surface area contributed by atoms with Crippen molar-refractivity contribution < 1.29 is 13.2 Å². The van der Waals surface area contributed by atoms with Gasteiger partial charge in [0.1, 0.15) is 0 Å². The number of aromatic nitrogens is 1. The van der Waals surface area contributed by atoms with Gasteiger partial charge in [0, 0.05) is 48.6 Å². The van der Waals surface area contributed by atoms with Gasteiger partial charge in [-0.25, -0.2) is 8.42 Å². The molecule has 2 atom stereocenters. The van der Waals surface area contributed by atoms with E-state index in [1.165, 1.54) is 16.4 Å². The number of benzene rings is 2. The first-order valence-corrected chi connectivity index (χ1v) is 12.4. The maximum Gasteiger partial charge on any atom is 0.255 e. The molecule has 0 aliphatic carbocycles. The molecule has 1 aromatic heterocycles. The number of aryl methyl sites for hydroxylation is 1. The Morgan fingerprint density at radius 3 is 2.39 bits per heavy atom. The first kappa shape index (κ1) is 21.6. The van der Waals surface area contributed by atoms with Gasteiger partial charge in [-0.15, -0.1) is 0 Å². The highest BCUT2D eigenvalue weighted by Crippen LogP contribution is 2.37. The molecule has 2 bridgehead atoms. The van der Waals surface area contributed by atoms with Crippen LogP contribution < -0.4 is 10.9 Å². The number of carbonyl (C=O) groups excluding carboxylic acids is 1. The van der Waals surface area contributed by atoms with Crippen molar-refractivity contribution >= 4 is 21.6 Å². The Hall–Kier alpha value is -3.23. The smallest absolute Gasteiger partial charge is 0.255 e. The topological polar surface area (TPSA) is 88.5 Å². The van der Waals surface area contributed by atoms with Gasteiger partial charge < -0.3 is 9.88 Å². The van der Waals surface area contributed by atoms with Gasteiger partial charge in [-0.05, 0) is 61.7 Å². The van der Waals surface area contributed by atoms with Crippen LogP contribution >= 0.6 is 0 Å². The summed E-state index contributed by atoms with van der Waals surface area (Å²) in [4.78, 5) is 24.8. The molecule has 2 aliphatic rings. The molecule has 1 fully saturated rings. The van der Waals surface area contributed by atoms with Crippen molar-refractivity contribution in [3.63, 3.8) is 0 Å². The Morgan fingerprint density at radius 1 is 0.939 bits per heavy atom. The largest absolute Gasteiger partial charge is 0.322 e. The van der Waals surface area contributed by atoms with Crippen molar-refractivity contribution in [3.8, 4) is 0 Å². The zero-order valence-corrected chi connectivity index (χ0v) is 19.1. The van der Waals surface area contributed by atoms with Crippen LogP contribution in [-0.4, -0.2) is 36.3 Å². The first-order chi connectivity index (χ1) is 15.8. The van der Waals surface area contributed by atoms with E-state index in [0.717, 1.165) is 17.7 Å². The lowest BCUT2D eigenvalue weighted by Gasteiger charge is -2.42. The van der Waals surface area contributed by atoms with E-state index in [-0.39, 0.29) is 28.2 Å². The van der Waals surface area contributed by atoms with Crippen LogP contribution in [-0.2, 0) is 16.6 Å². The second-order valence-electron chi connectivity index (χ2n) is 8.86. The van der Waals surface area contributed by atoms with Crippen LogP contribution in [0.3, 0.4) is 0 Å². The van der Waals surface area contributed by atoms with Crippen molar-refractivity contribution in [3.05, 3.63) is 93.9 Å². The number of anilines is 1. The Balaban J connectivity index is 1.33. The van der Waals surface area contributed by atoms with Crippen LogP contribution in [0.2, 0.25) is 0 Å². The van der Waals surface area contributed by atoms with Crippen LogP contribution in [0.25, 0.3) is 0 Å². The maximum atomic E-state index is 13.4. The van der Waals surface area contributed by atoms with Crippen molar-refractivity contribution in [1.29, 1.82) is 0 Å². The monoisotopic (exact) mass is 463 g/mol. The Labute approximate surface area is 192 Å². The lowest BCUT2D eigenvalue weighted by atomic mass is 9.84. The predicted molar refractivity (Wildman–Crippen MR) is 126 cm³/mol. The summed E-state index contributed by atoms with van der Waals surface area (Å²) in [7, 11) is -3.69. The molecule has 1 unspecified atom stereocenters. The van der Waals surface area contributed by atoms with E-state index in [2.05, 4.69) is 5.32 Å². The molecule has 1 amide bonds.